The third kappa shape index (κ3) is 1.80. The smallest absolute Gasteiger partial charge is 0.256 e. The predicted molar refractivity (Wildman–Crippen MR) is 69.4 cm³/mol. The van der Waals surface area contributed by atoms with Crippen molar-refractivity contribution in [1.82, 2.24) is 0 Å². The second-order valence-corrected chi connectivity index (χ2v) is 4.48. The summed E-state index contributed by atoms with van der Waals surface area (Å²) in [4.78, 5) is 11.8. The third-order valence-electron chi connectivity index (χ3n) is 2.59. The first-order chi connectivity index (χ1) is 8.24. The van der Waals surface area contributed by atoms with E-state index < -0.39 is 0 Å². The van der Waals surface area contributed by atoms with Gasteiger partial charge in [-0.1, -0.05) is 18.2 Å². The molecular formula is C13H8BrNO2. The number of amides is 1. The number of carbonyl (C=O) groups is 1. The van der Waals surface area contributed by atoms with E-state index in [-0.39, 0.29) is 5.91 Å². The molecule has 2 aromatic rings. The third-order valence-corrected chi connectivity index (χ3v) is 3.02. The molecule has 4 heteroatoms. The minimum absolute atomic E-state index is 0.0984. The molecule has 1 N–H and O–H groups in total. The van der Waals surface area contributed by atoms with Gasteiger partial charge >= 0.3 is 0 Å². The highest BCUT2D eigenvalue weighted by molar-refractivity contribution is 9.10. The zero-order chi connectivity index (χ0) is 11.8. The predicted octanol–water partition coefficient (Wildman–Crippen LogP) is 3.53. The zero-order valence-corrected chi connectivity index (χ0v) is 10.3. The van der Waals surface area contributed by atoms with Crippen LogP contribution in [0, 0.1) is 0 Å². The van der Waals surface area contributed by atoms with E-state index in [4.69, 9.17) is 4.42 Å². The Kier molecular flexibility index (Phi) is 2.37. The van der Waals surface area contributed by atoms with E-state index in [9.17, 15) is 4.79 Å². The van der Waals surface area contributed by atoms with Crippen molar-refractivity contribution in [3.63, 3.8) is 0 Å². The van der Waals surface area contributed by atoms with Gasteiger partial charge in [0.15, 0.2) is 4.67 Å². The van der Waals surface area contributed by atoms with Gasteiger partial charge in [0.2, 0.25) is 0 Å². The molecule has 0 saturated heterocycles. The molecule has 0 fully saturated rings. The summed E-state index contributed by atoms with van der Waals surface area (Å²) in [5, 5.41) is 2.81. The van der Waals surface area contributed by atoms with Crippen molar-refractivity contribution in [2.45, 2.75) is 0 Å². The Morgan fingerprint density at radius 1 is 1.18 bits per heavy atom. The maximum atomic E-state index is 11.8. The van der Waals surface area contributed by atoms with E-state index >= 15 is 0 Å². The number of benzene rings is 1. The van der Waals surface area contributed by atoms with E-state index in [1.807, 2.05) is 30.3 Å². The first-order valence-corrected chi connectivity index (χ1v) is 5.91. The first kappa shape index (κ1) is 10.4. The molecule has 0 radical (unpaired) electrons. The van der Waals surface area contributed by atoms with Crippen LogP contribution < -0.4 is 5.32 Å². The van der Waals surface area contributed by atoms with Gasteiger partial charge in [-0.15, -0.1) is 0 Å². The fraction of sp³-hybridized carbons (Fsp3) is 0. The molecule has 0 atom stereocenters. The van der Waals surface area contributed by atoms with Crippen LogP contribution in [0.25, 0.3) is 11.6 Å². The van der Waals surface area contributed by atoms with Crippen molar-refractivity contribution in [2.75, 3.05) is 5.32 Å². The van der Waals surface area contributed by atoms with E-state index in [1.165, 1.54) is 0 Å². The topological polar surface area (TPSA) is 42.2 Å². The molecule has 3 rings (SSSR count). The summed E-state index contributed by atoms with van der Waals surface area (Å²) in [5.41, 5.74) is 2.38. The van der Waals surface area contributed by atoms with Gasteiger partial charge in [0, 0.05) is 11.3 Å². The molecule has 0 saturated carbocycles. The van der Waals surface area contributed by atoms with Crippen LogP contribution in [0.3, 0.4) is 0 Å². The number of carbonyl (C=O) groups excluding carboxylic acids is 1. The molecule has 0 unspecified atom stereocenters. The maximum absolute atomic E-state index is 11.8. The lowest BCUT2D eigenvalue weighted by Gasteiger charge is -1.95. The Bertz CT molecular complexity index is 628. The molecule has 1 aliphatic heterocycles. The molecule has 17 heavy (non-hydrogen) atoms. The van der Waals surface area contributed by atoms with Gasteiger partial charge in [0.1, 0.15) is 5.76 Å². The van der Waals surface area contributed by atoms with Gasteiger partial charge in [-0.3, -0.25) is 4.79 Å². The van der Waals surface area contributed by atoms with Gasteiger partial charge in [0.05, 0.1) is 5.57 Å². The molecule has 1 aliphatic rings. The second kappa shape index (κ2) is 3.89. The van der Waals surface area contributed by atoms with Crippen LogP contribution >= 0.6 is 15.9 Å². The summed E-state index contributed by atoms with van der Waals surface area (Å²) in [5.74, 6) is 0.553. The van der Waals surface area contributed by atoms with Crippen LogP contribution in [0.4, 0.5) is 5.69 Å². The van der Waals surface area contributed by atoms with Crippen molar-refractivity contribution in [1.29, 1.82) is 0 Å². The molecule has 0 spiro atoms. The van der Waals surface area contributed by atoms with Crippen LogP contribution in [-0.4, -0.2) is 5.91 Å². The van der Waals surface area contributed by atoms with Gasteiger partial charge in [-0.25, -0.2) is 0 Å². The Hall–Kier alpha value is -1.81. The average molecular weight is 290 g/mol. The number of anilines is 1. The largest absolute Gasteiger partial charge is 0.450 e. The van der Waals surface area contributed by atoms with Crippen LogP contribution in [-0.2, 0) is 4.79 Å². The van der Waals surface area contributed by atoms with Crippen LogP contribution in [0.2, 0.25) is 0 Å². The number of furan rings is 1. The molecule has 1 aromatic heterocycles. The minimum Gasteiger partial charge on any atom is -0.450 e. The standard InChI is InChI=1S/C13H8BrNO2/c14-12-6-5-8(17-12)7-10-9-3-1-2-4-11(9)15-13(10)16/h1-7H,(H,15,16). The lowest BCUT2D eigenvalue weighted by molar-refractivity contribution is -0.110. The Balaban J connectivity index is 2.09. The zero-order valence-electron chi connectivity index (χ0n) is 8.74. The van der Waals surface area contributed by atoms with Gasteiger partial charge < -0.3 is 9.73 Å². The SMILES string of the molecule is O=C1Nc2ccccc2C1=Cc1ccc(Br)o1. The van der Waals surface area contributed by atoms with Gasteiger partial charge in [-0.05, 0) is 40.2 Å². The summed E-state index contributed by atoms with van der Waals surface area (Å²) in [6, 6.07) is 11.2. The van der Waals surface area contributed by atoms with Crippen molar-refractivity contribution in [3.8, 4) is 0 Å². The minimum atomic E-state index is -0.0984. The maximum Gasteiger partial charge on any atom is 0.256 e. The normalized spacial score (nSPS) is 16.1. The highest BCUT2D eigenvalue weighted by Crippen LogP contribution is 2.33. The van der Waals surface area contributed by atoms with Gasteiger partial charge in [0.25, 0.3) is 5.91 Å². The lowest BCUT2D eigenvalue weighted by Crippen LogP contribution is -2.03. The average Bonchev–Trinajstić information content (AvgIpc) is 2.85. The Morgan fingerprint density at radius 2 is 2.00 bits per heavy atom. The fourth-order valence-corrected chi connectivity index (χ4v) is 2.15. The lowest BCUT2D eigenvalue weighted by atomic mass is 10.1. The molecule has 84 valence electrons. The second-order valence-electron chi connectivity index (χ2n) is 3.70. The number of halogens is 1. The number of fused-ring (bicyclic) bond motifs is 1. The number of para-hydroxylation sites is 1. The summed E-state index contributed by atoms with van der Waals surface area (Å²) in [7, 11) is 0. The van der Waals surface area contributed by atoms with E-state index in [2.05, 4.69) is 21.2 Å². The van der Waals surface area contributed by atoms with Crippen molar-refractivity contribution >= 4 is 39.2 Å². The fourth-order valence-electron chi connectivity index (χ4n) is 1.83. The first-order valence-electron chi connectivity index (χ1n) is 5.12. The van der Waals surface area contributed by atoms with E-state index in [0.29, 0.717) is 16.0 Å². The summed E-state index contributed by atoms with van der Waals surface area (Å²) in [6.45, 7) is 0. The molecular weight excluding hydrogens is 282 g/mol. The Labute approximate surface area is 106 Å². The summed E-state index contributed by atoms with van der Waals surface area (Å²) >= 11 is 3.23. The summed E-state index contributed by atoms with van der Waals surface area (Å²) in [6.07, 6.45) is 1.74. The molecule has 3 nitrogen and oxygen atoms in total. The molecule has 2 heterocycles. The van der Waals surface area contributed by atoms with Crippen LogP contribution in [0.5, 0.6) is 0 Å². The highest BCUT2D eigenvalue weighted by atomic mass is 79.9. The van der Waals surface area contributed by atoms with Crippen molar-refractivity contribution < 1.29 is 9.21 Å². The quantitative estimate of drug-likeness (QED) is 0.816. The van der Waals surface area contributed by atoms with Crippen molar-refractivity contribution in [3.05, 3.63) is 52.4 Å². The molecule has 0 bridgehead atoms. The number of rotatable bonds is 1. The number of hydrogen-bond donors (Lipinski definition) is 1. The van der Waals surface area contributed by atoms with Crippen molar-refractivity contribution in [2.24, 2.45) is 0 Å². The van der Waals surface area contributed by atoms with Gasteiger partial charge in [-0.2, -0.15) is 0 Å². The number of hydrogen-bond acceptors (Lipinski definition) is 2. The highest BCUT2D eigenvalue weighted by Gasteiger charge is 2.23. The molecule has 1 aromatic carbocycles. The van der Waals surface area contributed by atoms with Crippen LogP contribution in [0.1, 0.15) is 11.3 Å². The van der Waals surface area contributed by atoms with Crippen LogP contribution in [0.15, 0.2) is 45.5 Å². The number of nitrogens with one attached hydrogen (secondary N) is 1. The molecule has 1 amide bonds. The molecule has 0 aliphatic carbocycles. The monoisotopic (exact) mass is 289 g/mol. The summed E-state index contributed by atoms with van der Waals surface area (Å²) < 4.78 is 6.02. The van der Waals surface area contributed by atoms with E-state index in [0.717, 1.165) is 11.3 Å². The van der Waals surface area contributed by atoms with E-state index in [1.54, 1.807) is 12.1 Å². The Morgan fingerprint density at radius 3 is 2.76 bits per heavy atom.